The van der Waals surface area contributed by atoms with Gasteiger partial charge < -0.3 is 4.74 Å². The minimum Gasteiger partial charge on any atom is -0.491 e. The number of alkyl halides is 1. The molecule has 0 fully saturated rings. The molecule has 0 unspecified atom stereocenters. The molecule has 1 aromatic rings. The molecular formula is C12H16BrClO3S. The molecule has 0 spiro atoms. The van der Waals surface area contributed by atoms with Gasteiger partial charge in [0, 0.05) is 5.33 Å². The molecule has 102 valence electrons. The molecule has 0 N–H and O–H groups in total. The van der Waals surface area contributed by atoms with Gasteiger partial charge in [0.2, 0.25) is 0 Å². The van der Waals surface area contributed by atoms with E-state index in [2.05, 4.69) is 15.9 Å². The van der Waals surface area contributed by atoms with Crippen LogP contribution in [0.1, 0.15) is 18.9 Å². The number of benzene rings is 1. The van der Waals surface area contributed by atoms with E-state index in [1.165, 1.54) is 0 Å². The van der Waals surface area contributed by atoms with Crippen molar-refractivity contribution in [2.75, 3.05) is 18.1 Å². The minimum absolute atomic E-state index is 0.0252. The fraction of sp³-hybridized carbons (Fsp3) is 0.500. The van der Waals surface area contributed by atoms with E-state index in [-0.39, 0.29) is 18.1 Å². The molecule has 1 aromatic carbocycles. The molecule has 0 radical (unpaired) electrons. The third kappa shape index (κ3) is 5.16. The lowest BCUT2D eigenvalue weighted by Crippen LogP contribution is -2.16. The van der Waals surface area contributed by atoms with Gasteiger partial charge in [0.05, 0.1) is 16.5 Å². The summed E-state index contributed by atoms with van der Waals surface area (Å²) in [6.07, 6.45) is 0.628. The summed E-state index contributed by atoms with van der Waals surface area (Å²) in [7, 11) is -3.00. The average molecular weight is 356 g/mol. The first-order chi connectivity index (χ1) is 8.48. The van der Waals surface area contributed by atoms with E-state index in [1.807, 2.05) is 13.0 Å². The number of ether oxygens (including phenoxy) is 1. The molecular weight excluding hydrogens is 340 g/mol. The molecule has 0 aliphatic carbocycles. The molecule has 6 heteroatoms. The van der Waals surface area contributed by atoms with Gasteiger partial charge in [-0.2, -0.15) is 0 Å². The predicted octanol–water partition coefficient (Wildman–Crippen LogP) is 3.44. The summed E-state index contributed by atoms with van der Waals surface area (Å²) >= 11 is 9.36. The van der Waals surface area contributed by atoms with E-state index in [9.17, 15) is 8.42 Å². The molecule has 0 amide bonds. The third-order valence-corrected chi connectivity index (χ3v) is 5.08. The van der Waals surface area contributed by atoms with Gasteiger partial charge in [-0.1, -0.05) is 40.5 Å². The van der Waals surface area contributed by atoms with Crippen molar-refractivity contribution in [3.05, 3.63) is 28.8 Å². The van der Waals surface area contributed by atoms with E-state index in [0.717, 1.165) is 10.9 Å². The quantitative estimate of drug-likeness (QED) is 0.704. The number of hydrogen-bond donors (Lipinski definition) is 0. The molecule has 0 atom stereocenters. The first kappa shape index (κ1) is 15.8. The van der Waals surface area contributed by atoms with Gasteiger partial charge in [0.15, 0.2) is 9.84 Å². The van der Waals surface area contributed by atoms with E-state index in [4.69, 9.17) is 16.3 Å². The summed E-state index contributed by atoms with van der Waals surface area (Å²) in [5.41, 5.74) is 1.05. The van der Waals surface area contributed by atoms with Crippen LogP contribution in [-0.2, 0) is 15.2 Å². The van der Waals surface area contributed by atoms with Gasteiger partial charge in [-0.15, -0.1) is 0 Å². The maximum atomic E-state index is 11.5. The van der Waals surface area contributed by atoms with Crippen LogP contribution in [0.25, 0.3) is 0 Å². The van der Waals surface area contributed by atoms with Crippen LogP contribution in [0, 0.1) is 0 Å². The highest BCUT2D eigenvalue weighted by molar-refractivity contribution is 9.08. The van der Waals surface area contributed by atoms with Crippen molar-refractivity contribution < 1.29 is 13.2 Å². The van der Waals surface area contributed by atoms with Crippen molar-refractivity contribution in [3.63, 3.8) is 0 Å². The van der Waals surface area contributed by atoms with Crippen LogP contribution < -0.4 is 4.74 Å². The van der Waals surface area contributed by atoms with Crippen molar-refractivity contribution >= 4 is 37.4 Å². The number of rotatable bonds is 7. The van der Waals surface area contributed by atoms with Crippen LogP contribution in [0.3, 0.4) is 0 Å². The van der Waals surface area contributed by atoms with E-state index < -0.39 is 9.84 Å². The van der Waals surface area contributed by atoms with Gasteiger partial charge in [0.1, 0.15) is 12.4 Å². The van der Waals surface area contributed by atoms with Crippen molar-refractivity contribution in [1.82, 2.24) is 0 Å². The van der Waals surface area contributed by atoms with Crippen LogP contribution in [0.2, 0.25) is 5.02 Å². The topological polar surface area (TPSA) is 43.4 Å². The zero-order chi connectivity index (χ0) is 13.6. The summed E-state index contributed by atoms with van der Waals surface area (Å²) in [5, 5.41) is 1.22. The summed E-state index contributed by atoms with van der Waals surface area (Å²) in [6.45, 7) is 1.98. The van der Waals surface area contributed by atoms with Crippen LogP contribution in [-0.4, -0.2) is 26.5 Å². The Morgan fingerprint density at radius 2 is 2.06 bits per heavy atom. The van der Waals surface area contributed by atoms with Crippen LogP contribution in [0.5, 0.6) is 5.75 Å². The minimum atomic E-state index is -3.00. The highest BCUT2D eigenvalue weighted by atomic mass is 79.9. The second kappa shape index (κ2) is 7.36. The standard InChI is InChI=1S/C12H16BrClO3S/c1-2-6-18(15,16)7-5-17-12-4-3-10(9-13)8-11(12)14/h3-4,8H,2,5-7,9H2,1H3. The zero-order valence-electron chi connectivity index (χ0n) is 10.2. The highest BCUT2D eigenvalue weighted by Gasteiger charge is 2.10. The Morgan fingerprint density at radius 1 is 1.33 bits per heavy atom. The summed E-state index contributed by atoms with van der Waals surface area (Å²) in [5.74, 6) is 0.748. The Hall–Kier alpha value is -0.260. The second-order valence-electron chi connectivity index (χ2n) is 3.90. The molecule has 0 heterocycles. The third-order valence-electron chi connectivity index (χ3n) is 2.32. The number of halogens is 2. The molecule has 0 bridgehead atoms. The Labute approximate surface area is 122 Å². The molecule has 3 nitrogen and oxygen atoms in total. The Kier molecular flexibility index (Phi) is 6.46. The Morgan fingerprint density at radius 3 is 2.61 bits per heavy atom. The summed E-state index contributed by atoms with van der Waals surface area (Å²) in [4.78, 5) is 0. The fourth-order valence-electron chi connectivity index (χ4n) is 1.44. The van der Waals surface area contributed by atoms with Crippen LogP contribution in [0.15, 0.2) is 18.2 Å². The second-order valence-corrected chi connectivity index (χ2v) is 7.17. The van der Waals surface area contributed by atoms with E-state index in [0.29, 0.717) is 17.2 Å². The number of hydrogen-bond acceptors (Lipinski definition) is 3. The lowest BCUT2D eigenvalue weighted by Gasteiger charge is -2.09. The van der Waals surface area contributed by atoms with Crippen LogP contribution in [0.4, 0.5) is 0 Å². The van der Waals surface area contributed by atoms with Gasteiger partial charge in [-0.3, -0.25) is 0 Å². The summed E-state index contributed by atoms with van der Waals surface area (Å²) in [6, 6.07) is 5.44. The molecule has 1 rings (SSSR count). The highest BCUT2D eigenvalue weighted by Crippen LogP contribution is 2.26. The fourth-order valence-corrected chi connectivity index (χ4v) is 3.21. The van der Waals surface area contributed by atoms with Crippen molar-refractivity contribution in [1.29, 1.82) is 0 Å². The van der Waals surface area contributed by atoms with E-state index >= 15 is 0 Å². The normalized spacial score (nSPS) is 11.5. The first-order valence-corrected chi connectivity index (χ1v) is 8.98. The maximum absolute atomic E-state index is 11.5. The number of sulfone groups is 1. The average Bonchev–Trinajstić information content (AvgIpc) is 2.31. The SMILES string of the molecule is CCCS(=O)(=O)CCOc1ccc(CBr)cc1Cl. The van der Waals surface area contributed by atoms with Gasteiger partial charge in [-0.25, -0.2) is 8.42 Å². The van der Waals surface area contributed by atoms with Crippen LogP contribution >= 0.6 is 27.5 Å². The van der Waals surface area contributed by atoms with E-state index in [1.54, 1.807) is 12.1 Å². The largest absolute Gasteiger partial charge is 0.491 e. The lowest BCUT2D eigenvalue weighted by molar-refractivity contribution is 0.341. The smallest absolute Gasteiger partial charge is 0.153 e. The molecule has 0 saturated carbocycles. The predicted molar refractivity (Wildman–Crippen MR) is 78.5 cm³/mol. The first-order valence-electron chi connectivity index (χ1n) is 5.66. The lowest BCUT2D eigenvalue weighted by atomic mass is 10.2. The van der Waals surface area contributed by atoms with Gasteiger partial charge in [0.25, 0.3) is 0 Å². The molecule has 0 aromatic heterocycles. The Balaban J connectivity index is 2.54. The van der Waals surface area contributed by atoms with Crippen molar-refractivity contribution in [2.24, 2.45) is 0 Å². The molecule has 0 aliphatic rings. The van der Waals surface area contributed by atoms with Crippen molar-refractivity contribution in [3.8, 4) is 5.75 Å². The molecule has 0 saturated heterocycles. The van der Waals surface area contributed by atoms with Crippen molar-refractivity contribution in [2.45, 2.75) is 18.7 Å². The monoisotopic (exact) mass is 354 g/mol. The summed E-state index contributed by atoms with van der Waals surface area (Å²) < 4.78 is 28.4. The molecule has 18 heavy (non-hydrogen) atoms. The van der Waals surface area contributed by atoms with Gasteiger partial charge >= 0.3 is 0 Å². The zero-order valence-corrected chi connectivity index (χ0v) is 13.3. The molecule has 0 aliphatic heterocycles. The van der Waals surface area contributed by atoms with Gasteiger partial charge in [-0.05, 0) is 24.1 Å². The Bertz CT molecular complexity index is 488. The maximum Gasteiger partial charge on any atom is 0.153 e.